The lowest BCUT2D eigenvalue weighted by molar-refractivity contribution is -0.146. The molecule has 2 aromatic heterocycles. The van der Waals surface area contributed by atoms with Gasteiger partial charge in [0.05, 0.1) is 11.6 Å². The highest BCUT2D eigenvalue weighted by molar-refractivity contribution is 5.75. The van der Waals surface area contributed by atoms with E-state index in [1.165, 1.54) is 0 Å². The molecule has 0 fully saturated rings. The van der Waals surface area contributed by atoms with Gasteiger partial charge in [0.15, 0.2) is 5.82 Å². The second-order valence-corrected chi connectivity index (χ2v) is 4.48. The highest BCUT2D eigenvalue weighted by Gasteiger charge is 2.27. The quantitative estimate of drug-likeness (QED) is 0.832. The van der Waals surface area contributed by atoms with Crippen LogP contribution in [0.4, 0.5) is 5.82 Å². The fourth-order valence-corrected chi connectivity index (χ4v) is 1.37. The molecule has 6 nitrogen and oxygen atoms in total. The van der Waals surface area contributed by atoms with Gasteiger partial charge >= 0.3 is 5.97 Å². The second kappa shape index (κ2) is 4.04. The van der Waals surface area contributed by atoms with Crippen molar-refractivity contribution in [2.45, 2.75) is 13.8 Å². The standard InChI is InChI=1S/C11H14N4O2/c1-11(2,10(16)17)7-13-9-8-3-4-14-15(8)6-5-12-9/h3-6H,7H2,1-2H3,(H,12,13)(H,16,17). The summed E-state index contributed by atoms with van der Waals surface area (Å²) in [5.41, 5.74) is -0.0113. The molecule has 0 amide bonds. The lowest BCUT2D eigenvalue weighted by atomic mass is 9.94. The topological polar surface area (TPSA) is 79.5 Å². The first-order valence-corrected chi connectivity index (χ1v) is 5.26. The summed E-state index contributed by atoms with van der Waals surface area (Å²) in [6.45, 7) is 3.64. The lowest BCUT2D eigenvalue weighted by Gasteiger charge is -2.19. The van der Waals surface area contributed by atoms with E-state index < -0.39 is 11.4 Å². The number of anilines is 1. The fourth-order valence-electron chi connectivity index (χ4n) is 1.37. The van der Waals surface area contributed by atoms with Gasteiger partial charge in [0.1, 0.15) is 5.52 Å². The smallest absolute Gasteiger partial charge is 0.310 e. The second-order valence-electron chi connectivity index (χ2n) is 4.48. The molecule has 2 aromatic rings. The zero-order valence-corrected chi connectivity index (χ0v) is 9.71. The Morgan fingerprint density at radius 3 is 3.00 bits per heavy atom. The van der Waals surface area contributed by atoms with E-state index in [2.05, 4.69) is 15.4 Å². The van der Waals surface area contributed by atoms with Crippen molar-refractivity contribution in [2.24, 2.45) is 5.41 Å². The molecule has 2 heterocycles. The maximum atomic E-state index is 11.0. The molecule has 0 radical (unpaired) electrons. The molecular weight excluding hydrogens is 220 g/mol. The Hall–Kier alpha value is -2.11. The molecule has 0 aliphatic carbocycles. The Morgan fingerprint density at radius 2 is 2.29 bits per heavy atom. The van der Waals surface area contributed by atoms with E-state index in [-0.39, 0.29) is 0 Å². The summed E-state index contributed by atoms with van der Waals surface area (Å²) in [4.78, 5) is 15.2. The minimum atomic E-state index is -0.842. The van der Waals surface area contributed by atoms with Gasteiger partial charge in [-0.25, -0.2) is 9.50 Å². The van der Waals surface area contributed by atoms with Crippen LogP contribution in [0.2, 0.25) is 0 Å². The molecule has 0 aliphatic rings. The predicted molar refractivity (Wildman–Crippen MR) is 62.9 cm³/mol. The van der Waals surface area contributed by atoms with Gasteiger partial charge in [-0.2, -0.15) is 5.10 Å². The monoisotopic (exact) mass is 234 g/mol. The Balaban J connectivity index is 2.19. The molecule has 90 valence electrons. The van der Waals surface area contributed by atoms with Gasteiger partial charge < -0.3 is 10.4 Å². The zero-order chi connectivity index (χ0) is 12.5. The van der Waals surface area contributed by atoms with Gasteiger partial charge in [-0.3, -0.25) is 4.79 Å². The SMILES string of the molecule is CC(C)(CNc1nccn2nccc12)C(=O)O. The van der Waals surface area contributed by atoms with Crippen LogP contribution in [0, 0.1) is 5.41 Å². The number of hydrogen-bond acceptors (Lipinski definition) is 4. The molecule has 2 rings (SSSR count). The van der Waals surface area contributed by atoms with Crippen molar-refractivity contribution in [3.63, 3.8) is 0 Å². The largest absolute Gasteiger partial charge is 0.481 e. The summed E-state index contributed by atoms with van der Waals surface area (Å²) in [6.07, 6.45) is 5.03. The molecule has 0 bridgehead atoms. The van der Waals surface area contributed by atoms with E-state index >= 15 is 0 Å². The molecule has 0 aliphatic heterocycles. The number of rotatable bonds is 4. The highest BCUT2D eigenvalue weighted by atomic mass is 16.4. The summed E-state index contributed by atoms with van der Waals surface area (Å²) in [7, 11) is 0. The summed E-state index contributed by atoms with van der Waals surface area (Å²) in [5, 5.41) is 16.1. The van der Waals surface area contributed by atoms with Crippen LogP contribution in [0.25, 0.3) is 5.52 Å². The molecule has 0 atom stereocenters. The van der Waals surface area contributed by atoms with Crippen LogP contribution >= 0.6 is 0 Å². The third-order valence-electron chi connectivity index (χ3n) is 2.60. The molecular formula is C11H14N4O2. The van der Waals surface area contributed by atoms with Crippen LogP contribution in [-0.2, 0) is 4.79 Å². The molecule has 0 aromatic carbocycles. The first kappa shape index (κ1) is 11.4. The van der Waals surface area contributed by atoms with Crippen molar-refractivity contribution < 1.29 is 9.90 Å². The van der Waals surface area contributed by atoms with E-state index in [1.54, 1.807) is 37.0 Å². The average molecular weight is 234 g/mol. The summed E-state index contributed by atoms with van der Waals surface area (Å²) in [5.74, 6) is -0.204. The number of aromatic nitrogens is 3. The van der Waals surface area contributed by atoms with Crippen LogP contribution in [0.3, 0.4) is 0 Å². The van der Waals surface area contributed by atoms with Gasteiger partial charge in [0, 0.05) is 18.9 Å². The highest BCUT2D eigenvalue weighted by Crippen LogP contribution is 2.18. The third kappa shape index (κ3) is 2.20. The molecule has 0 spiro atoms. The van der Waals surface area contributed by atoms with Crippen molar-refractivity contribution in [2.75, 3.05) is 11.9 Å². The fraction of sp³-hybridized carbons (Fsp3) is 0.364. The number of hydrogen-bond donors (Lipinski definition) is 2. The molecule has 17 heavy (non-hydrogen) atoms. The van der Waals surface area contributed by atoms with Crippen molar-refractivity contribution in [1.82, 2.24) is 14.6 Å². The van der Waals surface area contributed by atoms with Crippen LogP contribution in [0.1, 0.15) is 13.8 Å². The van der Waals surface area contributed by atoms with Gasteiger partial charge in [-0.1, -0.05) is 0 Å². The summed E-state index contributed by atoms with van der Waals surface area (Å²) in [6, 6.07) is 1.82. The Labute approximate surface area is 98.3 Å². The zero-order valence-electron chi connectivity index (χ0n) is 9.71. The summed E-state index contributed by atoms with van der Waals surface area (Å²) >= 11 is 0. The van der Waals surface area contributed by atoms with Crippen LogP contribution in [0.15, 0.2) is 24.7 Å². The third-order valence-corrected chi connectivity index (χ3v) is 2.60. The predicted octanol–water partition coefficient (Wildman–Crippen LogP) is 1.25. The van der Waals surface area contributed by atoms with Crippen molar-refractivity contribution >= 4 is 17.3 Å². The minimum Gasteiger partial charge on any atom is -0.481 e. The van der Waals surface area contributed by atoms with E-state index in [0.29, 0.717) is 12.4 Å². The molecule has 2 N–H and O–H groups in total. The van der Waals surface area contributed by atoms with Gasteiger partial charge in [-0.15, -0.1) is 0 Å². The van der Waals surface area contributed by atoms with Crippen LogP contribution < -0.4 is 5.32 Å². The maximum absolute atomic E-state index is 11.0. The van der Waals surface area contributed by atoms with Gasteiger partial charge in [-0.05, 0) is 19.9 Å². The average Bonchev–Trinajstić information content (AvgIpc) is 2.74. The number of carbonyl (C=O) groups is 1. The number of fused-ring (bicyclic) bond motifs is 1. The molecule has 0 saturated carbocycles. The van der Waals surface area contributed by atoms with E-state index in [0.717, 1.165) is 5.52 Å². The maximum Gasteiger partial charge on any atom is 0.310 e. The molecule has 0 saturated heterocycles. The number of carboxylic acids is 1. The lowest BCUT2D eigenvalue weighted by Crippen LogP contribution is -2.32. The first-order valence-electron chi connectivity index (χ1n) is 5.26. The van der Waals surface area contributed by atoms with Crippen LogP contribution in [0.5, 0.6) is 0 Å². The molecule has 0 unspecified atom stereocenters. The van der Waals surface area contributed by atoms with E-state index in [9.17, 15) is 4.79 Å². The normalized spacial score (nSPS) is 11.6. The Kier molecular flexibility index (Phi) is 2.71. The number of aliphatic carboxylic acids is 1. The number of nitrogens with one attached hydrogen (secondary N) is 1. The van der Waals surface area contributed by atoms with Crippen molar-refractivity contribution in [3.8, 4) is 0 Å². The first-order chi connectivity index (χ1) is 8.00. The number of nitrogens with zero attached hydrogens (tertiary/aromatic N) is 3. The Bertz CT molecular complexity index is 547. The van der Waals surface area contributed by atoms with E-state index in [4.69, 9.17) is 5.11 Å². The van der Waals surface area contributed by atoms with Crippen LogP contribution in [-0.4, -0.2) is 32.2 Å². The Morgan fingerprint density at radius 1 is 1.53 bits per heavy atom. The molecule has 6 heteroatoms. The van der Waals surface area contributed by atoms with Crippen molar-refractivity contribution in [3.05, 3.63) is 24.7 Å². The van der Waals surface area contributed by atoms with Gasteiger partial charge in [0.25, 0.3) is 0 Å². The van der Waals surface area contributed by atoms with E-state index in [1.807, 2.05) is 6.07 Å². The van der Waals surface area contributed by atoms with Crippen molar-refractivity contribution in [1.29, 1.82) is 0 Å². The van der Waals surface area contributed by atoms with Gasteiger partial charge in [0.2, 0.25) is 0 Å². The summed E-state index contributed by atoms with van der Waals surface area (Å²) < 4.78 is 1.68. The minimum absolute atomic E-state index is 0.306. The number of carboxylic acid groups (broad SMARTS) is 1.